The fourth-order valence-corrected chi connectivity index (χ4v) is 6.24. The maximum Gasteiger partial charge on any atom is 0.433 e. The summed E-state index contributed by atoms with van der Waals surface area (Å²) in [7, 11) is 0. The molecular formula is C35H47F6N13O10. The summed E-state index contributed by atoms with van der Waals surface area (Å²) in [5, 5.41) is 63.4. The molecule has 2 aliphatic rings. The van der Waals surface area contributed by atoms with Crippen LogP contribution in [0.5, 0.6) is 0 Å². The molecule has 0 saturated carbocycles. The second-order valence-electron chi connectivity index (χ2n) is 14.6. The summed E-state index contributed by atoms with van der Waals surface area (Å²) in [6.45, 7) is 0.952. The van der Waals surface area contributed by atoms with E-state index in [1.807, 2.05) is 0 Å². The van der Waals surface area contributed by atoms with Crippen molar-refractivity contribution in [3.8, 4) is 0 Å². The second-order valence-corrected chi connectivity index (χ2v) is 14.6. The lowest BCUT2D eigenvalue weighted by atomic mass is 9.98. The van der Waals surface area contributed by atoms with Crippen molar-refractivity contribution in [2.24, 2.45) is 5.73 Å². The van der Waals surface area contributed by atoms with Crippen LogP contribution in [-0.4, -0.2) is 178 Å². The van der Waals surface area contributed by atoms with Crippen LogP contribution >= 0.6 is 0 Å². The van der Waals surface area contributed by atoms with Crippen LogP contribution in [0.15, 0.2) is 36.9 Å². The highest BCUT2D eigenvalue weighted by atomic mass is 19.4. The number of nitrogens with two attached hydrogens (primary N) is 1. The molecule has 4 aromatic heterocycles. The number of anilines is 2. The highest BCUT2D eigenvalue weighted by Crippen LogP contribution is 2.29. The highest BCUT2D eigenvalue weighted by molar-refractivity contribution is 5.30. The molecule has 64 heavy (non-hydrogen) atoms. The molecule has 0 aromatic carbocycles. The second kappa shape index (κ2) is 22.4. The molecule has 0 unspecified atom stereocenters. The largest absolute Gasteiger partial charge is 0.433 e. The zero-order chi connectivity index (χ0) is 45.9. The Bertz CT molecular complexity index is 1900. The molecule has 4 aromatic rings. The molecule has 29 heteroatoms. The van der Waals surface area contributed by atoms with Crippen molar-refractivity contribution in [2.45, 2.75) is 93.4 Å². The zero-order valence-electron chi connectivity index (χ0n) is 33.7. The van der Waals surface area contributed by atoms with Gasteiger partial charge < -0.3 is 65.2 Å². The van der Waals surface area contributed by atoms with E-state index in [1.165, 1.54) is 9.36 Å². The molecule has 23 nitrogen and oxygen atoms in total. The van der Waals surface area contributed by atoms with Crippen molar-refractivity contribution in [1.82, 2.24) is 49.9 Å². The van der Waals surface area contributed by atoms with Crippen molar-refractivity contribution >= 4 is 11.9 Å². The summed E-state index contributed by atoms with van der Waals surface area (Å²) in [5.74, 6) is -0.745. The predicted octanol–water partition coefficient (Wildman–Crippen LogP) is -1.22. The molecule has 6 rings (SSSR count). The summed E-state index contributed by atoms with van der Waals surface area (Å²) in [5.41, 5.74) is 4.85. The predicted molar refractivity (Wildman–Crippen MR) is 201 cm³/mol. The molecule has 8 atom stereocenters. The lowest BCUT2D eigenvalue weighted by Gasteiger charge is -2.37. The molecule has 0 aliphatic carbocycles. The van der Waals surface area contributed by atoms with E-state index < -0.39 is 78.5 Å². The van der Waals surface area contributed by atoms with Gasteiger partial charge in [0.25, 0.3) is 0 Å². The lowest BCUT2D eigenvalue weighted by molar-refractivity contribution is -0.160. The number of nitrogens with zero attached hydrogens (tertiary/aromatic N) is 10. The Labute approximate surface area is 359 Å². The van der Waals surface area contributed by atoms with Crippen LogP contribution in [0.25, 0.3) is 0 Å². The smallest absolute Gasteiger partial charge is 0.388 e. The number of hydrogen-bond acceptors (Lipinski definition) is 21. The van der Waals surface area contributed by atoms with E-state index in [-0.39, 0.29) is 78.0 Å². The minimum Gasteiger partial charge on any atom is -0.388 e. The minimum atomic E-state index is -4.68. The molecule has 8 N–H and O–H groups in total. The van der Waals surface area contributed by atoms with Gasteiger partial charge in [0.2, 0.25) is 11.9 Å². The topological polar surface area (TPSA) is 299 Å². The minimum absolute atomic E-state index is 0.0832. The first-order valence-corrected chi connectivity index (χ1v) is 19.7. The third kappa shape index (κ3) is 14.1. The molecule has 0 amide bonds. The molecule has 2 fully saturated rings. The van der Waals surface area contributed by atoms with Gasteiger partial charge in [-0.25, -0.2) is 29.3 Å². The fraction of sp³-hybridized carbons (Fsp3) is 0.657. The van der Waals surface area contributed by atoms with E-state index in [2.05, 4.69) is 51.2 Å². The molecule has 6 heterocycles. The summed E-state index contributed by atoms with van der Waals surface area (Å²) in [6, 6.07) is -0.988. The lowest BCUT2D eigenvalue weighted by Crippen LogP contribution is -2.57. The normalized spacial score (nSPS) is 24.3. The molecule has 0 radical (unpaired) electrons. The Kier molecular flexibility index (Phi) is 17.0. The Balaban J connectivity index is 0.784. The van der Waals surface area contributed by atoms with Crippen molar-refractivity contribution in [1.29, 1.82) is 0 Å². The number of rotatable bonds is 22. The third-order valence-electron chi connectivity index (χ3n) is 9.62. The number of aromatic nitrogens is 10. The number of aliphatic hydroxyl groups is 4. The van der Waals surface area contributed by atoms with Gasteiger partial charge in [0, 0.05) is 12.4 Å². The average molecular weight is 924 g/mol. The molecule has 0 spiro atoms. The van der Waals surface area contributed by atoms with Gasteiger partial charge >= 0.3 is 12.4 Å². The summed E-state index contributed by atoms with van der Waals surface area (Å²) >= 11 is 0. The van der Waals surface area contributed by atoms with Gasteiger partial charge in [-0.3, -0.25) is 0 Å². The van der Waals surface area contributed by atoms with Crippen LogP contribution in [0.2, 0.25) is 0 Å². The number of alkyl halides is 6. The van der Waals surface area contributed by atoms with Gasteiger partial charge in [-0.2, -0.15) is 26.3 Å². The molecule has 0 bridgehead atoms. The Morgan fingerprint density at radius 1 is 0.672 bits per heavy atom. The van der Waals surface area contributed by atoms with Gasteiger partial charge in [-0.1, -0.05) is 10.4 Å². The third-order valence-corrected chi connectivity index (χ3v) is 9.62. The zero-order valence-corrected chi connectivity index (χ0v) is 33.7. The van der Waals surface area contributed by atoms with Gasteiger partial charge in [0.1, 0.15) is 59.4 Å². The van der Waals surface area contributed by atoms with Gasteiger partial charge in [0.05, 0.1) is 110 Å². The first kappa shape index (κ1) is 48.6. The number of hydrogen-bond donors (Lipinski definition) is 7. The summed E-state index contributed by atoms with van der Waals surface area (Å²) in [4.78, 5) is 14.3. The number of aliphatic hydroxyl groups excluding tert-OH is 4. The molecule has 2 aliphatic heterocycles. The SMILES string of the molecule is NC(COCc1cn(CCOC[C@H]2OC[C@H](Nc3nccc(C(F)(F)F)n3)[C@@H](O)[C@H]2O)nn1)COCc1cn(CCOC[C@H]2OC[C@H](Nc3nccc(C(F)(F)F)n3)[C@@H](O)[C@H]2O)nn1. The Hall–Kier alpha value is -4.82. The first-order valence-electron chi connectivity index (χ1n) is 19.7. The van der Waals surface area contributed by atoms with E-state index >= 15 is 0 Å². The van der Waals surface area contributed by atoms with Gasteiger partial charge in [0.15, 0.2) is 0 Å². The molecular weight excluding hydrogens is 876 g/mol. The maximum absolute atomic E-state index is 13.0. The first-order chi connectivity index (χ1) is 30.5. The monoisotopic (exact) mass is 923 g/mol. The van der Waals surface area contributed by atoms with Crippen molar-refractivity contribution < 1.29 is 75.2 Å². The van der Waals surface area contributed by atoms with Crippen molar-refractivity contribution in [3.05, 3.63) is 59.7 Å². The van der Waals surface area contributed by atoms with Gasteiger partial charge in [-0.15, -0.1) is 10.2 Å². The van der Waals surface area contributed by atoms with Crippen molar-refractivity contribution in [2.75, 3.05) is 63.5 Å². The van der Waals surface area contributed by atoms with E-state index in [0.29, 0.717) is 36.6 Å². The van der Waals surface area contributed by atoms with E-state index in [1.54, 1.807) is 12.4 Å². The number of nitrogens with one attached hydrogen (secondary N) is 2. The van der Waals surface area contributed by atoms with E-state index in [0.717, 1.165) is 12.4 Å². The van der Waals surface area contributed by atoms with E-state index in [4.69, 9.17) is 34.2 Å². The number of halogens is 6. The van der Waals surface area contributed by atoms with Crippen LogP contribution in [0.1, 0.15) is 22.8 Å². The van der Waals surface area contributed by atoms with Crippen LogP contribution in [-0.2, 0) is 67.1 Å². The Morgan fingerprint density at radius 2 is 1.09 bits per heavy atom. The molecule has 354 valence electrons. The number of ether oxygens (including phenoxy) is 6. The van der Waals surface area contributed by atoms with Gasteiger partial charge in [-0.05, 0) is 12.1 Å². The maximum atomic E-state index is 13.0. The van der Waals surface area contributed by atoms with E-state index in [9.17, 15) is 46.8 Å². The Morgan fingerprint density at radius 3 is 1.50 bits per heavy atom. The van der Waals surface area contributed by atoms with Crippen LogP contribution in [0, 0.1) is 0 Å². The average Bonchev–Trinajstić information content (AvgIpc) is 3.92. The molecule has 2 saturated heterocycles. The fourth-order valence-electron chi connectivity index (χ4n) is 6.24. The van der Waals surface area contributed by atoms with Crippen molar-refractivity contribution in [3.63, 3.8) is 0 Å². The van der Waals surface area contributed by atoms with Crippen LogP contribution in [0.3, 0.4) is 0 Å². The van der Waals surface area contributed by atoms with Crippen LogP contribution < -0.4 is 16.4 Å². The quantitative estimate of drug-likeness (QED) is 0.0359. The standard InChI is InChI=1S/C35H47F6N13O10/c36-34(37,38)26-1-3-43-32(47-26)45-22-15-63-24(30(57)28(22)55)17-59-7-5-53-9-20(49-51-53)13-61-11-19(42)12-62-14-21-10-54(52-50-21)6-8-60-18-25-31(58)29(56)23(16-64-25)46-33-44-4-2-27(48-33)35(39,40)41/h1-4,9-10,19,22-25,28-31,55-58H,5-8,11-18,42H2,(H,43,45,47)(H,44,46,48)/t22-,23-,24+,25+,28+,29+,30-,31-/m0/s1. The summed E-state index contributed by atoms with van der Waals surface area (Å²) in [6.07, 6.45) is -11.6. The van der Waals surface area contributed by atoms with Crippen LogP contribution in [0.4, 0.5) is 38.2 Å². The highest BCUT2D eigenvalue weighted by Gasteiger charge is 2.41. The summed E-state index contributed by atoms with van der Waals surface area (Å²) < 4.78 is 114.